The average molecular weight is 398 g/mol. The minimum absolute atomic E-state index is 0.0998. The lowest BCUT2D eigenvalue weighted by molar-refractivity contribution is 0.853. The summed E-state index contributed by atoms with van der Waals surface area (Å²) in [5.74, 6) is 0.0853. The minimum Gasteiger partial charge on any atom is -0.209 e. The van der Waals surface area contributed by atoms with E-state index in [1.807, 2.05) is 11.4 Å². The molecular formula is C9H3Cl6N3S. The highest BCUT2D eigenvalue weighted by Crippen LogP contribution is 2.40. The summed E-state index contributed by atoms with van der Waals surface area (Å²) in [6, 6.07) is 3.62. The number of aromatic nitrogens is 3. The molecule has 0 spiro atoms. The van der Waals surface area contributed by atoms with Crippen LogP contribution >= 0.6 is 80.9 Å². The third-order valence-electron chi connectivity index (χ3n) is 1.88. The van der Waals surface area contributed by atoms with Gasteiger partial charge in [0.25, 0.3) is 0 Å². The number of halogens is 6. The van der Waals surface area contributed by atoms with Gasteiger partial charge in [-0.25, -0.2) is 15.0 Å². The first-order valence-electron chi connectivity index (χ1n) is 4.62. The Labute approximate surface area is 142 Å². The van der Waals surface area contributed by atoms with Gasteiger partial charge in [0.15, 0.2) is 17.5 Å². The number of nitrogens with zero attached hydrogens (tertiary/aromatic N) is 3. The van der Waals surface area contributed by atoms with E-state index in [4.69, 9.17) is 69.6 Å². The first kappa shape index (κ1) is 15.8. The molecule has 0 radical (unpaired) electrons. The molecule has 0 amide bonds. The fraction of sp³-hybridized carbons (Fsp3) is 0.222. The van der Waals surface area contributed by atoms with Gasteiger partial charge in [-0.2, -0.15) is 0 Å². The third kappa shape index (κ3) is 3.97. The van der Waals surface area contributed by atoms with E-state index in [0.717, 1.165) is 4.88 Å². The van der Waals surface area contributed by atoms with Crippen molar-refractivity contribution in [2.75, 3.05) is 0 Å². The lowest BCUT2D eigenvalue weighted by atomic mass is 10.4. The van der Waals surface area contributed by atoms with Gasteiger partial charge in [0.1, 0.15) is 0 Å². The Morgan fingerprint density at radius 2 is 1.37 bits per heavy atom. The Balaban J connectivity index is 2.62. The summed E-state index contributed by atoms with van der Waals surface area (Å²) in [4.78, 5) is 12.8. The molecule has 0 bridgehead atoms. The minimum atomic E-state index is -1.83. The zero-order valence-electron chi connectivity index (χ0n) is 8.75. The first-order chi connectivity index (χ1) is 8.68. The van der Waals surface area contributed by atoms with Gasteiger partial charge in [0, 0.05) is 0 Å². The SMILES string of the molecule is ClC(Cl)(Cl)c1nc(-c2cccs2)nc(C(Cl)(Cl)Cl)n1. The molecule has 2 rings (SSSR count). The van der Waals surface area contributed by atoms with Crippen molar-refractivity contribution in [2.24, 2.45) is 0 Å². The van der Waals surface area contributed by atoms with Crippen LogP contribution in [0, 0.1) is 0 Å². The van der Waals surface area contributed by atoms with Crippen LogP contribution in [0.25, 0.3) is 10.7 Å². The molecule has 0 saturated carbocycles. The first-order valence-corrected chi connectivity index (χ1v) is 7.77. The Morgan fingerprint density at radius 1 is 0.842 bits per heavy atom. The van der Waals surface area contributed by atoms with Gasteiger partial charge in [0.05, 0.1) is 4.88 Å². The molecule has 0 aromatic carbocycles. The molecule has 2 aromatic heterocycles. The number of rotatable bonds is 1. The van der Waals surface area contributed by atoms with Crippen molar-refractivity contribution < 1.29 is 0 Å². The topological polar surface area (TPSA) is 38.7 Å². The lowest BCUT2D eigenvalue weighted by Gasteiger charge is -2.15. The predicted octanol–water partition coefficient (Wildman–Crippen LogP) is 5.25. The zero-order chi connectivity index (χ0) is 14.3. The molecule has 0 aliphatic rings. The van der Waals surface area contributed by atoms with Gasteiger partial charge in [-0.15, -0.1) is 11.3 Å². The van der Waals surface area contributed by atoms with Crippen LogP contribution in [0.2, 0.25) is 0 Å². The maximum absolute atomic E-state index is 5.77. The van der Waals surface area contributed by atoms with E-state index in [-0.39, 0.29) is 17.5 Å². The van der Waals surface area contributed by atoms with E-state index in [9.17, 15) is 0 Å². The quantitative estimate of drug-likeness (QED) is 0.616. The van der Waals surface area contributed by atoms with Crippen LogP contribution in [0.5, 0.6) is 0 Å². The molecule has 0 atom stereocenters. The summed E-state index contributed by atoms with van der Waals surface area (Å²) >= 11 is 36.0. The Bertz CT molecular complexity index is 542. The molecule has 0 unspecified atom stereocenters. The predicted molar refractivity (Wildman–Crippen MR) is 81.6 cm³/mol. The maximum atomic E-state index is 5.77. The van der Waals surface area contributed by atoms with E-state index < -0.39 is 7.59 Å². The number of hydrogen-bond donors (Lipinski definition) is 0. The molecule has 2 aromatic rings. The van der Waals surface area contributed by atoms with Crippen molar-refractivity contribution in [3.8, 4) is 10.7 Å². The van der Waals surface area contributed by atoms with Gasteiger partial charge >= 0.3 is 0 Å². The van der Waals surface area contributed by atoms with Gasteiger partial charge in [0.2, 0.25) is 7.59 Å². The van der Waals surface area contributed by atoms with Crippen molar-refractivity contribution in [1.29, 1.82) is 0 Å². The summed E-state index contributed by atoms with van der Waals surface area (Å²) < 4.78 is -3.67. The van der Waals surface area contributed by atoms with Crippen LogP contribution in [0.3, 0.4) is 0 Å². The molecule has 10 heteroatoms. The highest BCUT2D eigenvalue weighted by molar-refractivity contribution is 7.13. The van der Waals surface area contributed by atoms with Crippen LogP contribution in [0.1, 0.15) is 11.6 Å². The van der Waals surface area contributed by atoms with E-state index >= 15 is 0 Å². The van der Waals surface area contributed by atoms with Crippen LogP contribution in [0.4, 0.5) is 0 Å². The highest BCUT2D eigenvalue weighted by atomic mass is 35.6. The molecule has 2 heterocycles. The molecule has 0 aliphatic carbocycles. The summed E-state index contributed by atoms with van der Waals surface area (Å²) in [6.45, 7) is 0. The lowest BCUT2D eigenvalue weighted by Crippen LogP contribution is -2.16. The second kappa shape index (κ2) is 5.68. The average Bonchev–Trinajstić information content (AvgIpc) is 2.79. The van der Waals surface area contributed by atoms with Gasteiger partial charge < -0.3 is 0 Å². The van der Waals surface area contributed by atoms with Crippen LogP contribution in [-0.4, -0.2) is 15.0 Å². The molecule has 3 nitrogen and oxygen atoms in total. The molecule has 0 saturated heterocycles. The molecule has 19 heavy (non-hydrogen) atoms. The van der Waals surface area contributed by atoms with Crippen molar-refractivity contribution >= 4 is 80.9 Å². The van der Waals surface area contributed by atoms with E-state index in [1.165, 1.54) is 11.3 Å². The Hall–Kier alpha value is 0.450. The van der Waals surface area contributed by atoms with E-state index in [1.54, 1.807) is 6.07 Å². The van der Waals surface area contributed by atoms with Crippen molar-refractivity contribution in [3.05, 3.63) is 29.2 Å². The zero-order valence-corrected chi connectivity index (χ0v) is 14.1. The van der Waals surface area contributed by atoms with Gasteiger partial charge in [-0.1, -0.05) is 75.7 Å². The van der Waals surface area contributed by atoms with Gasteiger partial charge in [-0.3, -0.25) is 0 Å². The standard InChI is InChI=1S/C9H3Cl6N3S/c10-8(11,12)6-16-5(4-2-1-3-19-4)17-7(18-6)9(13,14)15/h1-3H. The fourth-order valence-corrected chi connectivity index (χ4v) is 2.31. The fourth-order valence-electron chi connectivity index (χ4n) is 1.15. The Morgan fingerprint density at radius 3 is 1.74 bits per heavy atom. The monoisotopic (exact) mass is 395 g/mol. The molecule has 0 aliphatic heterocycles. The summed E-state index contributed by atoms with van der Waals surface area (Å²) in [5, 5.41) is 1.85. The third-order valence-corrected chi connectivity index (χ3v) is 3.76. The molecule has 0 N–H and O–H groups in total. The smallest absolute Gasteiger partial charge is 0.209 e. The van der Waals surface area contributed by atoms with E-state index in [0.29, 0.717) is 0 Å². The van der Waals surface area contributed by atoms with Crippen molar-refractivity contribution in [1.82, 2.24) is 15.0 Å². The number of thiophene rings is 1. The van der Waals surface area contributed by atoms with Crippen molar-refractivity contribution in [2.45, 2.75) is 7.59 Å². The van der Waals surface area contributed by atoms with Gasteiger partial charge in [-0.05, 0) is 11.4 Å². The van der Waals surface area contributed by atoms with Crippen LogP contribution in [0.15, 0.2) is 17.5 Å². The number of alkyl halides is 6. The maximum Gasteiger partial charge on any atom is 0.250 e. The molecular weight excluding hydrogens is 395 g/mol. The second-order valence-electron chi connectivity index (χ2n) is 3.28. The summed E-state index contributed by atoms with van der Waals surface area (Å²) in [6.07, 6.45) is 0. The van der Waals surface area contributed by atoms with Crippen LogP contribution in [-0.2, 0) is 7.59 Å². The molecule has 0 fully saturated rings. The van der Waals surface area contributed by atoms with Crippen molar-refractivity contribution in [3.63, 3.8) is 0 Å². The highest BCUT2D eigenvalue weighted by Gasteiger charge is 2.34. The molecule has 102 valence electrons. The summed E-state index contributed by atoms with van der Waals surface area (Å²) in [7, 11) is 0. The largest absolute Gasteiger partial charge is 0.250 e. The normalized spacial score (nSPS) is 12.7. The number of hydrogen-bond acceptors (Lipinski definition) is 4. The van der Waals surface area contributed by atoms with E-state index in [2.05, 4.69) is 15.0 Å². The summed E-state index contributed by atoms with van der Waals surface area (Å²) in [5.41, 5.74) is 0. The second-order valence-corrected chi connectivity index (χ2v) is 8.79. The van der Waals surface area contributed by atoms with Crippen LogP contribution < -0.4 is 0 Å². The Kier molecular flexibility index (Phi) is 4.73.